The van der Waals surface area contributed by atoms with Crippen LogP contribution in [0.15, 0.2) is 30.3 Å². The summed E-state index contributed by atoms with van der Waals surface area (Å²) < 4.78 is 5.53. The first-order valence-electron chi connectivity index (χ1n) is 6.58. The molecule has 2 N–H and O–H groups in total. The number of aromatic nitrogens is 1. The van der Waals surface area contributed by atoms with Gasteiger partial charge in [-0.2, -0.15) is 0 Å². The number of methoxy groups -OCH3 is 1. The van der Waals surface area contributed by atoms with Crippen LogP contribution < -0.4 is 5.73 Å². The van der Waals surface area contributed by atoms with E-state index in [0.29, 0.717) is 6.54 Å². The maximum atomic E-state index is 5.82. The fourth-order valence-electron chi connectivity index (χ4n) is 2.07. The van der Waals surface area contributed by atoms with Gasteiger partial charge in [0.2, 0.25) is 0 Å². The van der Waals surface area contributed by atoms with Gasteiger partial charge in [0, 0.05) is 13.7 Å². The maximum Gasteiger partial charge on any atom is 0.122 e. The molecular formula is C15H20N2OS. The summed E-state index contributed by atoms with van der Waals surface area (Å²) in [6.07, 6.45) is 2.15. The molecule has 3 nitrogen and oxygen atoms in total. The molecule has 0 aliphatic rings. The summed E-state index contributed by atoms with van der Waals surface area (Å²) in [4.78, 5) is 5.83. The molecule has 1 aromatic carbocycles. The van der Waals surface area contributed by atoms with Crippen LogP contribution in [0.25, 0.3) is 10.4 Å². The Balaban J connectivity index is 2.37. The minimum Gasteiger partial charge on any atom is -0.374 e. The molecular weight excluding hydrogens is 256 g/mol. The van der Waals surface area contributed by atoms with E-state index >= 15 is 0 Å². The Labute approximate surface area is 118 Å². The van der Waals surface area contributed by atoms with Gasteiger partial charge in [-0.05, 0) is 12.0 Å². The lowest BCUT2D eigenvalue weighted by Gasteiger charge is -2.10. The lowest BCUT2D eigenvalue weighted by molar-refractivity contribution is 0.0946. The zero-order valence-corrected chi connectivity index (χ0v) is 12.2. The van der Waals surface area contributed by atoms with Crippen LogP contribution in [0.2, 0.25) is 0 Å². The molecule has 2 rings (SSSR count). The Morgan fingerprint density at radius 3 is 2.63 bits per heavy atom. The van der Waals surface area contributed by atoms with E-state index in [1.54, 1.807) is 18.4 Å². The van der Waals surface area contributed by atoms with Crippen molar-refractivity contribution in [1.29, 1.82) is 0 Å². The topological polar surface area (TPSA) is 48.1 Å². The highest BCUT2D eigenvalue weighted by molar-refractivity contribution is 7.15. The molecule has 0 radical (unpaired) electrons. The normalized spacial score (nSPS) is 12.6. The second-order valence-corrected chi connectivity index (χ2v) is 5.44. The first-order valence-corrected chi connectivity index (χ1v) is 7.39. The summed E-state index contributed by atoms with van der Waals surface area (Å²) >= 11 is 1.69. The van der Waals surface area contributed by atoms with Crippen molar-refractivity contribution in [3.8, 4) is 10.4 Å². The third kappa shape index (κ3) is 3.21. The average Bonchev–Trinajstić information content (AvgIpc) is 2.89. The lowest BCUT2D eigenvalue weighted by Crippen LogP contribution is -2.02. The molecule has 0 aliphatic heterocycles. The minimum atomic E-state index is 0.0813. The zero-order valence-electron chi connectivity index (χ0n) is 11.4. The second-order valence-electron chi connectivity index (χ2n) is 4.41. The second kappa shape index (κ2) is 6.80. The van der Waals surface area contributed by atoms with Crippen LogP contribution in [0, 0.1) is 0 Å². The SMILES string of the molecule is CCCC(OC)c1nc(CN)c(-c2ccccc2)s1. The Morgan fingerprint density at radius 2 is 2.05 bits per heavy atom. The fourth-order valence-corrected chi connectivity index (χ4v) is 3.28. The van der Waals surface area contributed by atoms with Crippen LogP contribution in [0.1, 0.15) is 36.6 Å². The quantitative estimate of drug-likeness (QED) is 0.874. The number of nitrogens with zero attached hydrogens (tertiary/aromatic N) is 1. The lowest BCUT2D eigenvalue weighted by atomic mass is 10.1. The Bertz CT molecular complexity index is 510. The number of ether oxygens (including phenoxy) is 1. The van der Waals surface area contributed by atoms with E-state index in [9.17, 15) is 0 Å². The number of thiazole rings is 1. The third-order valence-electron chi connectivity index (χ3n) is 3.05. The molecule has 1 heterocycles. The van der Waals surface area contributed by atoms with Crippen LogP contribution in [0.3, 0.4) is 0 Å². The maximum absolute atomic E-state index is 5.82. The van der Waals surface area contributed by atoms with Crippen molar-refractivity contribution in [3.05, 3.63) is 41.0 Å². The van der Waals surface area contributed by atoms with Crippen LogP contribution in [0.5, 0.6) is 0 Å². The summed E-state index contributed by atoms with van der Waals surface area (Å²) in [5.41, 5.74) is 7.96. The number of hydrogen-bond acceptors (Lipinski definition) is 4. The summed E-state index contributed by atoms with van der Waals surface area (Å²) in [5, 5.41) is 1.03. The first kappa shape index (κ1) is 14.2. The fraction of sp³-hybridized carbons (Fsp3) is 0.400. The molecule has 0 bridgehead atoms. The van der Waals surface area contributed by atoms with E-state index in [1.807, 2.05) is 18.2 Å². The Hall–Kier alpha value is -1.23. The van der Waals surface area contributed by atoms with Crippen LogP contribution in [0.4, 0.5) is 0 Å². The van der Waals surface area contributed by atoms with Gasteiger partial charge in [-0.1, -0.05) is 43.7 Å². The molecule has 0 aliphatic carbocycles. The van der Waals surface area contributed by atoms with Gasteiger partial charge in [0.15, 0.2) is 0 Å². The summed E-state index contributed by atoms with van der Waals surface area (Å²) in [7, 11) is 1.74. The summed E-state index contributed by atoms with van der Waals surface area (Å²) in [5.74, 6) is 0. The molecule has 19 heavy (non-hydrogen) atoms. The van der Waals surface area contributed by atoms with Gasteiger partial charge in [0.1, 0.15) is 11.1 Å². The van der Waals surface area contributed by atoms with E-state index in [0.717, 1.165) is 28.4 Å². The molecule has 2 aromatic rings. The van der Waals surface area contributed by atoms with Crippen molar-refractivity contribution >= 4 is 11.3 Å². The number of nitrogens with two attached hydrogens (primary N) is 1. The third-order valence-corrected chi connectivity index (χ3v) is 4.29. The highest BCUT2D eigenvalue weighted by Gasteiger charge is 2.18. The summed E-state index contributed by atoms with van der Waals surface area (Å²) in [6, 6.07) is 10.3. The van der Waals surface area contributed by atoms with Gasteiger partial charge >= 0.3 is 0 Å². The first-order chi connectivity index (χ1) is 9.30. The van der Waals surface area contributed by atoms with Crippen molar-refractivity contribution in [1.82, 2.24) is 4.98 Å². The molecule has 0 fully saturated rings. The summed E-state index contributed by atoms with van der Waals surface area (Å²) in [6.45, 7) is 2.62. The predicted molar refractivity (Wildman–Crippen MR) is 80.1 cm³/mol. The van der Waals surface area contributed by atoms with Crippen molar-refractivity contribution in [2.75, 3.05) is 7.11 Å². The Morgan fingerprint density at radius 1 is 1.32 bits per heavy atom. The smallest absolute Gasteiger partial charge is 0.122 e. The number of benzene rings is 1. The molecule has 4 heteroatoms. The van der Waals surface area contributed by atoms with Crippen molar-refractivity contribution in [2.24, 2.45) is 5.73 Å². The number of hydrogen-bond donors (Lipinski definition) is 1. The van der Waals surface area contributed by atoms with E-state index < -0.39 is 0 Å². The van der Waals surface area contributed by atoms with Crippen molar-refractivity contribution in [2.45, 2.75) is 32.4 Å². The highest BCUT2D eigenvalue weighted by Crippen LogP contribution is 2.35. The van der Waals surface area contributed by atoms with E-state index in [4.69, 9.17) is 10.5 Å². The van der Waals surface area contributed by atoms with Gasteiger partial charge in [-0.3, -0.25) is 0 Å². The molecule has 0 amide bonds. The van der Waals surface area contributed by atoms with Gasteiger partial charge in [0.05, 0.1) is 10.6 Å². The molecule has 1 aromatic heterocycles. The van der Waals surface area contributed by atoms with Crippen LogP contribution >= 0.6 is 11.3 Å². The van der Waals surface area contributed by atoms with Gasteiger partial charge < -0.3 is 10.5 Å². The van der Waals surface area contributed by atoms with Crippen LogP contribution in [-0.2, 0) is 11.3 Å². The van der Waals surface area contributed by atoms with Crippen LogP contribution in [-0.4, -0.2) is 12.1 Å². The highest BCUT2D eigenvalue weighted by atomic mass is 32.1. The monoisotopic (exact) mass is 276 g/mol. The molecule has 0 saturated carbocycles. The number of rotatable bonds is 6. The molecule has 102 valence electrons. The molecule has 1 atom stereocenters. The van der Waals surface area contributed by atoms with Gasteiger partial charge in [-0.25, -0.2) is 4.98 Å². The Kier molecular flexibility index (Phi) is 5.07. The van der Waals surface area contributed by atoms with E-state index in [-0.39, 0.29) is 6.10 Å². The molecule has 1 unspecified atom stereocenters. The molecule has 0 spiro atoms. The van der Waals surface area contributed by atoms with Gasteiger partial charge in [0.25, 0.3) is 0 Å². The largest absolute Gasteiger partial charge is 0.374 e. The van der Waals surface area contributed by atoms with Gasteiger partial charge in [-0.15, -0.1) is 11.3 Å². The van der Waals surface area contributed by atoms with E-state index in [2.05, 4.69) is 24.0 Å². The minimum absolute atomic E-state index is 0.0813. The zero-order chi connectivity index (χ0) is 13.7. The average molecular weight is 276 g/mol. The van der Waals surface area contributed by atoms with Crippen molar-refractivity contribution < 1.29 is 4.74 Å². The predicted octanol–water partition coefficient (Wildman–Crippen LogP) is 3.76. The van der Waals surface area contributed by atoms with E-state index in [1.165, 1.54) is 5.56 Å². The molecule has 0 saturated heterocycles. The standard InChI is InChI=1S/C15H20N2OS/c1-3-7-13(18-2)15-17-12(10-16)14(19-15)11-8-5-4-6-9-11/h4-6,8-9,13H,3,7,10,16H2,1-2H3. The van der Waals surface area contributed by atoms with Crippen molar-refractivity contribution in [3.63, 3.8) is 0 Å².